The lowest BCUT2D eigenvalue weighted by Gasteiger charge is -2.54. The number of anilines is 1. The third-order valence-electron chi connectivity index (χ3n) is 7.17. The summed E-state index contributed by atoms with van der Waals surface area (Å²) in [5.74, 6) is 1.47. The van der Waals surface area contributed by atoms with Crippen LogP contribution in [0.5, 0.6) is 0 Å². The molecule has 3 aliphatic rings. The van der Waals surface area contributed by atoms with Gasteiger partial charge in [-0.25, -0.2) is 9.97 Å². The van der Waals surface area contributed by atoms with Crippen molar-refractivity contribution in [1.29, 1.82) is 0 Å². The fraction of sp³-hybridized carbons (Fsp3) is 0.818. The molecule has 4 rings (SSSR count). The first-order valence-corrected chi connectivity index (χ1v) is 11.3. The molecule has 0 spiro atoms. The minimum Gasteiger partial charge on any atom is -0.384 e. The Balaban J connectivity index is 1.38. The molecule has 29 heavy (non-hydrogen) atoms. The van der Waals surface area contributed by atoms with E-state index >= 15 is 0 Å². The van der Waals surface area contributed by atoms with E-state index in [0.717, 1.165) is 71.0 Å². The van der Waals surface area contributed by atoms with Crippen molar-refractivity contribution in [3.05, 3.63) is 18.0 Å². The van der Waals surface area contributed by atoms with Gasteiger partial charge in [0.1, 0.15) is 0 Å². The Morgan fingerprint density at radius 1 is 1.21 bits per heavy atom. The zero-order chi connectivity index (χ0) is 20.1. The molecule has 162 valence electrons. The first-order valence-electron chi connectivity index (χ1n) is 11.3. The average molecular weight is 404 g/mol. The maximum Gasteiger partial charge on any atom is 0.222 e. The second kappa shape index (κ2) is 9.69. The Kier molecular flexibility index (Phi) is 7.00. The van der Waals surface area contributed by atoms with Crippen LogP contribution < -0.4 is 5.32 Å². The van der Waals surface area contributed by atoms with Gasteiger partial charge < -0.3 is 14.8 Å². The Bertz CT molecular complexity index is 637. The summed E-state index contributed by atoms with van der Waals surface area (Å²) in [6.45, 7) is 11.0. The van der Waals surface area contributed by atoms with Gasteiger partial charge >= 0.3 is 0 Å². The first kappa shape index (κ1) is 21.0. The van der Waals surface area contributed by atoms with Crippen LogP contribution in [0.1, 0.15) is 38.2 Å². The number of piperidine rings is 1. The van der Waals surface area contributed by atoms with Crippen LogP contribution in [0.4, 0.5) is 5.95 Å². The van der Waals surface area contributed by atoms with E-state index in [4.69, 9.17) is 9.47 Å². The van der Waals surface area contributed by atoms with E-state index < -0.39 is 0 Å². The maximum atomic E-state index is 5.77. The largest absolute Gasteiger partial charge is 0.384 e. The Morgan fingerprint density at radius 3 is 2.72 bits per heavy atom. The molecule has 0 aromatic carbocycles. The van der Waals surface area contributed by atoms with Crippen molar-refractivity contribution in [2.45, 2.75) is 45.2 Å². The summed E-state index contributed by atoms with van der Waals surface area (Å²) in [6.07, 6.45) is 9.07. The van der Waals surface area contributed by atoms with Crippen LogP contribution in [0.3, 0.4) is 0 Å². The standard InChI is InChI=1S/C22H37N5O2/c1-3-23-21-24-13-18(14-25-21)15-26-7-5-19-12-20(27-8-10-29-11-9-27)4-6-22(19,16-26)17-28-2/h13-14,19-20H,3-12,15-17H2,1-2H3,(H,23,24,25)/t19-,20-,22+/m0/s1. The van der Waals surface area contributed by atoms with Crippen molar-refractivity contribution >= 4 is 5.95 Å². The SMILES string of the molecule is CCNc1ncc(CN2CC[C@H]3C[C@@H](N4CCOCC4)CC[C@]3(COC)C2)cn1. The molecule has 0 radical (unpaired) electrons. The summed E-state index contributed by atoms with van der Waals surface area (Å²) >= 11 is 0. The smallest absolute Gasteiger partial charge is 0.222 e. The van der Waals surface area contributed by atoms with E-state index in [9.17, 15) is 0 Å². The molecule has 3 heterocycles. The summed E-state index contributed by atoms with van der Waals surface area (Å²) in [7, 11) is 1.87. The lowest BCUT2D eigenvalue weighted by Crippen LogP contribution is -2.56. The molecule has 0 unspecified atom stereocenters. The number of nitrogens with one attached hydrogen (secondary N) is 1. The van der Waals surface area contributed by atoms with E-state index in [0.29, 0.717) is 11.4 Å². The molecule has 0 bridgehead atoms. The quantitative estimate of drug-likeness (QED) is 0.749. The summed E-state index contributed by atoms with van der Waals surface area (Å²) in [5, 5.41) is 3.17. The van der Waals surface area contributed by atoms with Crippen molar-refractivity contribution in [2.24, 2.45) is 11.3 Å². The molecule has 1 aromatic heterocycles. The van der Waals surface area contributed by atoms with Crippen LogP contribution in [0, 0.1) is 11.3 Å². The van der Waals surface area contributed by atoms with Crippen molar-refractivity contribution < 1.29 is 9.47 Å². The van der Waals surface area contributed by atoms with Gasteiger partial charge in [-0.2, -0.15) is 0 Å². The lowest BCUT2D eigenvalue weighted by atomic mass is 9.62. The van der Waals surface area contributed by atoms with E-state index in [2.05, 4.69) is 32.0 Å². The molecule has 1 saturated carbocycles. The molecule has 7 heteroatoms. The van der Waals surface area contributed by atoms with Gasteiger partial charge in [0.05, 0.1) is 19.8 Å². The Morgan fingerprint density at radius 2 is 2.00 bits per heavy atom. The summed E-state index contributed by atoms with van der Waals surface area (Å²) < 4.78 is 11.3. The number of morpholine rings is 1. The summed E-state index contributed by atoms with van der Waals surface area (Å²) in [6, 6.07) is 0.729. The monoisotopic (exact) mass is 403 g/mol. The number of hydrogen-bond acceptors (Lipinski definition) is 7. The number of nitrogens with zero attached hydrogens (tertiary/aromatic N) is 4. The number of rotatable bonds is 7. The zero-order valence-corrected chi connectivity index (χ0v) is 18.1. The van der Waals surface area contributed by atoms with Crippen LogP contribution in [-0.2, 0) is 16.0 Å². The van der Waals surface area contributed by atoms with Crippen molar-refractivity contribution in [3.8, 4) is 0 Å². The van der Waals surface area contributed by atoms with Crippen LogP contribution in [0.15, 0.2) is 12.4 Å². The fourth-order valence-corrected chi connectivity index (χ4v) is 5.73. The van der Waals surface area contributed by atoms with E-state index in [1.54, 1.807) is 0 Å². The van der Waals surface area contributed by atoms with Gasteiger partial charge in [0, 0.05) is 69.2 Å². The molecule has 1 aromatic rings. The molecule has 2 saturated heterocycles. The fourth-order valence-electron chi connectivity index (χ4n) is 5.73. The summed E-state index contributed by atoms with van der Waals surface area (Å²) in [5.41, 5.74) is 1.49. The number of fused-ring (bicyclic) bond motifs is 1. The first-order chi connectivity index (χ1) is 14.2. The minimum absolute atomic E-state index is 0.292. The number of ether oxygens (including phenoxy) is 2. The zero-order valence-electron chi connectivity index (χ0n) is 18.1. The number of hydrogen-bond donors (Lipinski definition) is 1. The average Bonchev–Trinajstić information content (AvgIpc) is 2.76. The van der Waals surface area contributed by atoms with Crippen LogP contribution in [-0.4, -0.2) is 85.5 Å². The molecular weight excluding hydrogens is 366 g/mol. The molecule has 3 fully saturated rings. The molecule has 3 atom stereocenters. The number of aromatic nitrogens is 2. The van der Waals surface area contributed by atoms with Crippen LogP contribution >= 0.6 is 0 Å². The third-order valence-corrected chi connectivity index (χ3v) is 7.17. The third kappa shape index (κ3) is 4.90. The van der Waals surface area contributed by atoms with Gasteiger partial charge in [0.25, 0.3) is 0 Å². The Hall–Kier alpha value is -1.28. The number of likely N-dealkylation sites (tertiary alicyclic amines) is 1. The maximum absolute atomic E-state index is 5.77. The van der Waals surface area contributed by atoms with E-state index in [1.165, 1.54) is 31.2 Å². The van der Waals surface area contributed by atoms with Crippen molar-refractivity contribution in [3.63, 3.8) is 0 Å². The van der Waals surface area contributed by atoms with Crippen molar-refractivity contribution in [2.75, 3.05) is 65.0 Å². The van der Waals surface area contributed by atoms with Gasteiger partial charge in [-0.1, -0.05) is 0 Å². The molecule has 1 N–H and O–H groups in total. The second-order valence-electron chi connectivity index (χ2n) is 9.01. The Labute approximate surface area is 175 Å². The highest BCUT2D eigenvalue weighted by Crippen LogP contribution is 2.48. The molecular formula is C22H37N5O2. The predicted molar refractivity (Wildman–Crippen MR) is 114 cm³/mol. The van der Waals surface area contributed by atoms with Gasteiger partial charge in [-0.05, 0) is 45.1 Å². The van der Waals surface area contributed by atoms with E-state index in [1.807, 2.05) is 19.5 Å². The van der Waals surface area contributed by atoms with Crippen LogP contribution in [0.2, 0.25) is 0 Å². The molecule has 1 aliphatic carbocycles. The highest BCUT2D eigenvalue weighted by molar-refractivity contribution is 5.24. The molecule has 2 aliphatic heterocycles. The second-order valence-corrected chi connectivity index (χ2v) is 9.01. The van der Waals surface area contributed by atoms with Gasteiger partial charge in [-0.3, -0.25) is 9.80 Å². The number of methoxy groups -OCH3 is 1. The van der Waals surface area contributed by atoms with Crippen LogP contribution in [0.25, 0.3) is 0 Å². The lowest BCUT2D eigenvalue weighted by molar-refractivity contribution is -0.0871. The highest BCUT2D eigenvalue weighted by atomic mass is 16.5. The predicted octanol–water partition coefficient (Wildman–Crippen LogP) is 2.25. The molecule has 7 nitrogen and oxygen atoms in total. The molecule has 0 amide bonds. The van der Waals surface area contributed by atoms with E-state index in [-0.39, 0.29) is 0 Å². The minimum atomic E-state index is 0.292. The van der Waals surface area contributed by atoms with Gasteiger partial charge in [-0.15, -0.1) is 0 Å². The van der Waals surface area contributed by atoms with Gasteiger partial charge in [0.15, 0.2) is 0 Å². The van der Waals surface area contributed by atoms with Crippen molar-refractivity contribution in [1.82, 2.24) is 19.8 Å². The summed E-state index contributed by atoms with van der Waals surface area (Å²) in [4.78, 5) is 14.2. The normalized spacial score (nSPS) is 31.4. The van der Waals surface area contributed by atoms with Gasteiger partial charge in [0.2, 0.25) is 5.95 Å². The topological polar surface area (TPSA) is 62.8 Å². The highest BCUT2D eigenvalue weighted by Gasteiger charge is 2.47.